The molecule has 37 heavy (non-hydrogen) atoms. The molecule has 0 unspecified atom stereocenters. The van der Waals surface area contributed by atoms with Crippen molar-refractivity contribution in [1.82, 2.24) is 14.2 Å². The van der Waals surface area contributed by atoms with Gasteiger partial charge in [0, 0.05) is 25.2 Å². The van der Waals surface area contributed by atoms with Gasteiger partial charge < -0.3 is 4.90 Å². The van der Waals surface area contributed by atoms with Gasteiger partial charge in [-0.15, -0.1) is 12.4 Å². The van der Waals surface area contributed by atoms with Gasteiger partial charge in [0.2, 0.25) is 10.0 Å². The van der Waals surface area contributed by atoms with Crippen molar-refractivity contribution < 1.29 is 17.6 Å². The third kappa shape index (κ3) is 6.67. The highest BCUT2D eigenvalue weighted by atomic mass is 35.5. The highest BCUT2D eigenvalue weighted by Gasteiger charge is 2.29. The molecule has 1 amide bonds. The van der Waals surface area contributed by atoms with Crippen LogP contribution in [0, 0.1) is 5.82 Å². The largest absolute Gasteiger partial charge is 0.309 e. The van der Waals surface area contributed by atoms with Gasteiger partial charge in [-0.1, -0.05) is 36.7 Å². The molecule has 0 saturated heterocycles. The molecular formula is C26H34ClFN4O3S2. The van der Waals surface area contributed by atoms with Crippen LogP contribution in [0.1, 0.15) is 48.9 Å². The molecule has 1 heterocycles. The molecule has 1 aromatic heterocycles. The Morgan fingerprint density at radius 1 is 1.03 bits per heavy atom. The Morgan fingerprint density at radius 2 is 1.70 bits per heavy atom. The van der Waals surface area contributed by atoms with E-state index in [-0.39, 0.29) is 34.8 Å². The lowest BCUT2D eigenvalue weighted by Gasteiger charge is -2.30. The van der Waals surface area contributed by atoms with E-state index in [0.29, 0.717) is 28.4 Å². The SMILES string of the molecule is CN(C)CCCN(C(=O)c1ccc(S(=O)(=O)N(C)C2CCCCC2)cc1)c1nc2c(F)cccc2s1.Cl. The molecule has 0 atom stereocenters. The highest BCUT2D eigenvalue weighted by Crippen LogP contribution is 2.32. The van der Waals surface area contributed by atoms with Crippen LogP contribution in [-0.2, 0) is 10.0 Å². The van der Waals surface area contributed by atoms with Gasteiger partial charge in [0.15, 0.2) is 5.13 Å². The Labute approximate surface area is 228 Å². The standard InChI is InChI=1S/C26H33FN4O3S2.ClH/c1-29(2)17-8-18-31(26-28-24-22(27)11-7-12-23(24)35-26)25(32)19-13-15-21(16-14-19)36(33,34)30(3)20-9-5-4-6-10-20;/h7,11-16,20H,4-6,8-10,17-18H2,1-3H3;1H. The predicted octanol–water partition coefficient (Wildman–Crippen LogP) is 5.41. The number of nitrogens with zero attached hydrogens (tertiary/aromatic N) is 4. The van der Waals surface area contributed by atoms with Gasteiger partial charge >= 0.3 is 0 Å². The Balaban J connectivity index is 0.00000380. The van der Waals surface area contributed by atoms with Crippen LogP contribution in [0.15, 0.2) is 47.4 Å². The number of sulfonamides is 1. The number of rotatable bonds is 9. The summed E-state index contributed by atoms with van der Waals surface area (Å²) in [6.07, 6.45) is 5.67. The van der Waals surface area contributed by atoms with Crippen molar-refractivity contribution in [1.29, 1.82) is 0 Å². The number of hydrogen-bond acceptors (Lipinski definition) is 6. The minimum atomic E-state index is -3.65. The molecule has 0 N–H and O–H groups in total. The predicted molar refractivity (Wildman–Crippen MR) is 150 cm³/mol. The van der Waals surface area contributed by atoms with Crippen molar-refractivity contribution in [3.63, 3.8) is 0 Å². The number of anilines is 1. The van der Waals surface area contributed by atoms with Crippen LogP contribution >= 0.6 is 23.7 Å². The zero-order chi connectivity index (χ0) is 25.9. The average molecular weight is 569 g/mol. The van der Waals surface area contributed by atoms with Crippen molar-refractivity contribution in [2.24, 2.45) is 0 Å². The molecule has 1 aliphatic rings. The summed E-state index contributed by atoms with van der Waals surface area (Å²) in [7, 11) is 1.92. The van der Waals surface area contributed by atoms with Crippen LogP contribution < -0.4 is 4.90 Å². The Morgan fingerprint density at radius 3 is 2.32 bits per heavy atom. The number of halogens is 2. The highest BCUT2D eigenvalue weighted by molar-refractivity contribution is 7.89. The number of carbonyl (C=O) groups excluding carboxylic acids is 1. The smallest absolute Gasteiger partial charge is 0.260 e. The maximum Gasteiger partial charge on any atom is 0.260 e. The van der Waals surface area contributed by atoms with Crippen LogP contribution in [0.5, 0.6) is 0 Å². The third-order valence-electron chi connectivity index (χ3n) is 6.69. The minimum absolute atomic E-state index is 0. The van der Waals surface area contributed by atoms with Crippen LogP contribution in [0.25, 0.3) is 10.2 Å². The summed E-state index contributed by atoms with van der Waals surface area (Å²) >= 11 is 1.27. The first-order valence-electron chi connectivity index (χ1n) is 12.3. The molecule has 7 nitrogen and oxygen atoms in total. The molecule has 202 valence electrons. The van der Waals surface area contributed by atoms with E-state index in [1.807, 2.05) is 19.0 Å². The van der Waals surface area contributed by atoms with Crippen LogP contribution in [-0.4, -0.2) is 68.8 Å². The van der Waals surface area contributed by atoms with Gasteiger partial charge in [-0.25, -0.2) is 17.8 Å². The number of hydrogen-bond donors (Lipinski definition) is 0. The lowest BCUT2D eigenvalue weighted by atomic mass is 9.96. The quantitative estimate of drug-likeness (QED) is 0.345. The summed E-state index contributed by atoms with van der Waals surface area (Å²) in [5, 5.41) is 0.424. The van der Waals surface area contributed by atoms with E-state index in [2.05, 4.69) is 4.98 Å². The number of thiazole rings is 1. The Kier molecular flexibility index (Phi) is 10.0. The number of para-hydroxylation sites is 1. The van der Waals surface area contributed by atoms with Crippen LogP contribution in [0.3, 0.4) is 0 Å². The Bertz CT molecular complexity index is 1310. The van der Waals surface area contributed by atoms with Gasteiger partial charge in [0.1, 0.15) is 11.3 Å². The summed E-state index contributed by atoms with van der Waals surface area (Å²) in [5.41, 5.74) is 0.606. The fraction of sp³-hybridized carbons (Fsp3) is 0.462. The van der Waals surface area contributed by atoms with E-state index in [1.165, 1.54) is 33.8 Å². The molecule has 2 aromatic carbocycles. The zero-order valence-corrected chi connectivity index (χ0v) is 23.8. The summed E-state index contributed by atoms with van der Waals surface area (Å²) < 4.78 is 42.8. The summed E-state index contributed by atoms with van der Waals surface area (Å²) in [5.74, 6) is -0.717. The number of amides is 1. The molecule has 3 aromatic rings. The lowest BCUT2D eigenvalue weighted by molar-refractivity contribution is 0.0986. The average Bonchev–Trinajstić information content (AvgIpc) is 3.31. The number of carbonyl (C=O) groups is 1. The maximum absolute atomic E-state index is 14.3. The first kappa shape index (κ1) is 29.4. The van der Waals surface area contributed by atoms with E-state index >= 15 is 0 Å². The molecule has 11 heteroatoms. The Hall–Kier alpha value is -2.11. The van der Waals surface area contributed by atoms with Crippen molar-refractivity contribution >= 4 is 55.0 Å². The molecular weight excluding hydrogens is 535 g/mol. The first-order chi connectivity index (χ1) is 17.2. The summed E-state index contributed by atoms with van der Waals surface area (Å²) in [6.45, 7) is 1.18. The van der Waals surface area contributed by atoms with Crippen molar-refractivity contribution in [2.45, 2.75) is 49.5 Å². The number of fused-ring (bicyclic) bond motifs is 1. The van der Waals surface area contributed by atoms with E-state index in [1.54, 1.807) is 36.2 Å². The molecule has 4 rings (SSSR count). The molecule has 0 bridgehead atoms. The third-order valence-corrected chi connectivity index (χ3v) is 9.66. The zero-order valence-electron chi connectivity index (χ0n) is 21.4. The summed E-state index contributed by atoms with van der Waals surface area (Å²) in [6, 6.07) is 10.9. The molecule has 0 radical (unpaired) electrons. The van der Waals surface area contributed by atoms with Crippen LogP contribution in [0.4, 0.5) is 9.52 Å². The monoisotopic (exact) mass is 568 g/mol. The van der Waals surface area contributed by atoms with Gasteiger partial charge in [0.05, 0.1) is 9.60 Å². The second-order valence-corrected chi connectivity index (χ2v) is 12.5. The van der Waals surface area contributed by atoms with Crippen molar-refractivity contribution in [3.05, 3.63) is 53.8 Å². The van der Waals surface area contributed by atoms with Gasteiger partial charge in [-0.3, -0.25) is 9.69 Å². The van der Waals surface area contributed by atoms with E-state index in [4.69, 9.17) is 0 Å². The van der Waals surface area contributed by atoms with E-state index in [0.717, 1.165) is 38.6 Å². The lowest BCUT2D eigenvalue weighted by Crippen LogP contribution is -2.38. The number of aromatic nitrogens is 1. The maximum atomic E-state index is 14.3. The molecule has 0 spiro atoms. The van der Waals surface area contributed by atoms with Gasteiger partial charge in [-0.2, -0.15) is 4.31 Å². The van der Waals surface area contributed by atoms with E-state index in [9.17, 15) is 17.6 Å². The van der Waals surface area contributed by atoms with E-state index < -0.39 is 15.8 Å². The molecule has 0 aliphatic heterocycles. The normalized spacial score (nSPS) is 14.8. The summed E-state index contributed by atoms with van der Waals surface area (Å²) in [4.78, 5) is 21.7. The molecule has 1 fully saturated rings. The second kappa shape index (κ2) is 12.6. The fourth-order valence-electron chi connectivity index (χ4n) is 4.58. The first-order valence-corrected chi connectivity index (χ1v) is 14.5. The second-order valence-electron chi connectivity index (χ2n) is 9.53. The van der Waals surface area contributed by atoms with Crippen molar-refractivity contribution in [2.75, 3.05) is 39.1 Å². The number of benzene rings is 2. The van der Waals surface area contributed by atoms with Gasteiger partial charge in [0.25, 0.3) is 5.91 Å². The molecule has 1 aliphatic carbocycles. The van der Waals surface area contributed by atoms with Gasteiger partial charge in [-0.05, 0) is 76.3 Å². The fourth-order valence-corrected chi connectivity index (χ4v) is 7.00. The molecule has 1 saturated carbocycles. The topological polar surface area (TPSA) is 73.8 Å². The minimum Gasteiger partial charge on any atom is -0.309 e. The van der Waals surface area contributed by atoms with Crippen LogP contribution in [0.2, 0.25) is 0 Å². The van der Waals surface area contributed by atoms with Crippen molar-refractivity contribution in [3.8, 4) is 0 Å².